The van der Waals surface area contributed by atoms with Gasteiger partial charge >= 0.3 is 0 Å². The summed E-state index contributed by atoms with van der Waals surface area (Å²) in [5.41, 5.74) is 0.845. The molecule has 0 bridgehead atoms. The Morgan fingerprint density at radius 3 is 2.58 bits per heavy atom. The maximum atomic E-state index is 12.3. The molecule has 128 valence electrons. The van der Waals surface area contributed by atoms with E-state index in [1.54, 1.807) is 22.1 Å². The molecule has 2 fully saturated rings. The maximum Gasteiger partial charge on any atom is 0.254 e. The van der Waals surface area contributed by atoms with Crippen LogP contribution < -0.4 is 10.3 Å². The van der Waals surface area contributed by atoms with Crippen molar-refractivity contribution >= 4 is 21.4 Å². The molecule has 0 unspecified atom stereocenters. The fourth-order valence-electron chi connectivity index (χ4n) is 2.95. The Labute approximate surface area is 144 Å². The highest BCUT2D eigenvalue weighted by Crippen LogP contribution is 2.35. The SMILES string of the molecule is Cc1cc(OC2CN(S(=O)(=O)c3cccs3)C2)cc(=O)n1C1CC1. The molecule has 2 aliphatic rings. The number of pyridine rings is 1. The second-order valence-electron chi connectivity index (χ2n) is 6.27. The van der Waals surface area contributed by atoms with Crippen LogP contribution in [0.2, 0.25) is 0 Å². The monoisotopic (exact) mass is 366 g/mol. The van der Waals surface area contributed by atoms with Crippen LogP contribution in [0.4, 0.5) is 0 Å². The zero-order valence-electron chi connectivity index (χ0n) is 13.2. The molecule has 1 aliphatic carbocycles. The molecule has 0 atom stereocenters. The van der Waals surface area contributed by atoms with E-state index in [-0.39, 0.29) is 11.7 Å². The summed E-state index contributed by atoms with van der Waals surface area (Å²) in [5.74, 6) is 0.521. The van der Waals surface area contributed by atoms with Crippen molar-refractivity contribution in [1.82, 2.24) is 8.87 Å². The van der Waals surface area contributed by atoms with Gasteiger partial charge in [0.25, 0.3) is 15.6 Å². The molecule has 0 spiro atoms. The van der Waals surface area contributed by atoms with Gasteiger partial charge in [0.05, 0.1) is 13.1 Å². The normalized spacial score (nSPS) is 19.2. The summed E-state index contributed by atoms with van der Waals surface area (Å²) < 4.78 is 34.0. The minimum absolute atomic E-state index is 0.0464. The van der Waals surface area contributed by atoms with Gasteiger partial charge in [0.15, 0.2) is 0 Å². The fraction of sp³-hybridized carbons (Fsp3) is 0.438. The molecule has 1 saturated carbocycles. The lowest BCUT2D eigenvalue weighted by molar-refractivity contribution is 0.0760. The number of thiophene rings is 1. The van der Waals surface area contributed by atoms with E-state index < -0.39 is 10.0 Å². The van der Waals surface area contributed by atoms with Crippen LogP contribution >= 0.6 is 11.3 Å². The van der Waals surface area contributed by atoms with Crippen LogP contribution in [0, 0.1) is 6.92 Å². The molecule has 0 N–H and O–H groups in total. The minimum Gasteiger partial charge on any atom is -0.487 e. The Hall–Kier alpha value is -1.64. The topological polar surface area (TPSA) is 68.6 Å². The molecular formula is C16H18N2O4S2. The van der Waals surface area contributed by atoms with Crippen LogP contribution in [0.25, 0.3) is 0 Å². The van der Waals surface area contributed by atoms with Gasteiger partial charge in [-0.25, -0.2) is 8.42 Å². The summed E-state index contributed by atoms with van der Waals surface area (Å²) in [6.07, 6.45) is 1.90. The largest absolute Gasteiger partial charge is 0.487 e. The third-order valence-corrected chi connectivity index (χ3v) is 7.56. The van der Waals surface area contributed by atoms with Crippen LogP contribution in [-0.4, -0.2) is 36.5 Å². The zero-order chi connectivity index (χ0) is 16.9. The van der Waals surface area contributed by atoms with E-state index in [0.29, 0.717) is 29.1 Å². The van der Waals surface area contributed by atoms with Crippen LogP contribution in [0.1, 0.15) is 24.6 Å². The van der Waals surface area contributed by atoms with Crippen molar-refractivity contribution in [2.45, 2.75) is 36.1 Å². The van der Waals surface area contributed by atoms with E-state index in [4.69, 9.17) is 4.74 Å². The van der Waals surface area contributed by atoms with Crippen molar-refractivity contribution in [2.24, 2.45) is 0 Å². The molecule has 0 amide bonds. The quantitative estimate of drug-likeness (QED) is 0.812. The van der Waals surface area contributed by atoms with Gasteiger partial charge in [-0.15, -0.1) is 11.3 Å². The first-order valence-electron chi connectivity index (χ1n) is 7.88. The molecule has 24 heavy (non-hydrogen) atoms. The zero-order valence-corrected chi connectivity index (χ0v) is 14.8. The molecule has 0 radical (unpaired) electrons. The number of rotatable bonds is 5. The molecule has 2 aromatic heterocycles. The highest BCUT2D eigenvalue weighted by molar-refractivity contribution is 7.91. The van der Waals surface area contributed by atoms with Gasteiger partial charge in [0.1, 0.15) is 16.1 Å². The molecular weight excluding hydrogens is 348 g/mol. The summed E-state index contributed by atoms with van der Waals surface area (Å²) in [4.78, 5) is 12.2. The lowest BCUT2D eigenvalue weighted by Crippen LogP contribution is -2.55. The fourth-order valence-corrected chi connectivity index (χ4v) is 5.60. The highest BCUT2D eigenvalue weighted by Gasteiger charge is 2.38. The first-order chi connectivity index (χ1) is 11.4. The number of hydrogen-bond acceptors (Lipinski definition) is 5. The van der Waals surface area contributed by atoms with E-state index >= 15 is 0 Å². The van der Waals surface area contributed by atoms with E-state index in [2.05, 4.69) is 0 Å². The van der Waals surface area contributed by atoms with Gasteiger partial charge in [-0.05, 0) is 37.3 Å². The number of aryl methyl sites for hydroxylation is 1. The number of aromatic nitrogens is 1. The molecule has 2 aromatic rings. The maximum absolute atomic E-state index is 12.3. The standard InChI is InChI=1S/C16H18N2O4S2/c1-11-7-13(8-15(19)18(11)12-4-5-12)22-14-9-17(10-14)24(20,21)16-3-2-6-23-16/h2-3,6-8,12,14H,4-5,9-10H2,1H3. The van der Waals surface area contributed by atoms with Crippen LogP contribution in [0.5, 0.6) is 5.75 Å². The van der Waals surface area contributed by atoms with Crippen molar-refractivity contribution in [3.63, 3.8) is 0 Å². The Morgan fingerprint density at radius 2 is 2.00 bits per heavy atom. The Morgan fingerprint density at radius 1 is 1.25 bits per heavy atom. The highest BCUT2D eigenvalue weighted by atomic mass is 32.2. The predicted octanol–water partition coefficient (Wildman–Crippen LogP) is 2.01. The van der Waals surface area contributed by atoms with Crippen molar-refractivity contribution < 1.29 is 13.2 Å². The van der Waals surface area contributed by atoms with Crippen LogP contribution in [0.15, 0.2) is 38.6 Å². The second-order valence-corrected chi connectivity index (χ2v) is 9.38. The van der Waals surface area contributed by atoms with Gasteiger partial charge in [-0.1, -0.05) is 6.07 Å². The molecule has 8 heteroatoms. The number of sulfonamides is 1. The summed E-state index contributed by atoms with van der Waals surface area (Å²) in [6.45, 7) is 2.52. The minimum atomic E-state index is -3.40. The van der Waals surface area contributed by atoms with Crippen molar-refractivity contribution in [3.05, 3.63) is 45.7 Å². The Kier molecular flexibility index (Phi) is 3.78. The van der Waals surface area contributed by atoms with Gasteiger partial charge < -0.3 is 9.30 Å². The van der Waals surface area contributed by atoms with Crippen LogP contribution in [-0.2, 0) is 10.0 Å². The van der Waals surface area contributed by atoms with Gasteiger partial charge in [0, 0.05) is 17.8 Å². The van der Waals surface area contributed by atoms with Gasteiger partial charge in [0.2, 0.25) is 0 Å². The third-order valence-electron chi connectivity index (χ3n) is 4.35. The number of nitrogens with zero attached hydrogens (tertiary/aromatic N) is 2. The van der Waals surface area contributed by atoms with Gasteiger partial charge in [-0.3, -0.25) is 4.79 Å². The molecule has 0 aromatic carbocycles. The summed E-state index contributed by atoms with van der Waals surface area (Å²) >= 11 is 1.21. The molecule has 4 rings (SSSR count). The lowest BCUT2D eigenvalue weighted by atomic mass is 10.2. The smallest absolute Gasteiger partial charge is 0.254 e. The number of hydrogen-bond donors (Lipinski definition) is 0. The second kappa shape index (κ2) is 5.72. The number of ether oxygens (including phenoxy) is 1. The molecule has 1 aliphatic heterocycles. The lowest BCUT2D eigenvalue weighted by Gasteiger charge is -2.37. The molecule has 3 heterocycles. The van der Waals surface area contributed by atoms with Crippen molar-refractivity contribution in [3.8, 4) is 5.75 Å². The molecule has 6 nitrogen and oxygen atoms in total. The van der Waals surface area contributed by atoms with E-state index in [9.17, 15) is 13.2 Å². The molecule has 1 saturated heterocycles. The predicted molar refractivity (Wildman–Crippen MR) is 91.2 cm³/mol. The summed E-state index contributed by atoms with van der Waals surface area (Å²) in [7, 11) is -3.40. The van der Waals surface area contributed by atoms with E-state index in [1.807, 2.05) is 13.0 Å². The Balaban J connectivity index is 1.43. The average molecular weight is 366 g/mol. The first-order valence-corrected chi connectivity index (χ1v) is 10.2. The Bertz CT molecular complexity index is 908. The van der Waals surface area contributed by atoms with Gasteiger partial charge in [-0.2, -0.15) is 4.31 Å². The van der Waals surface area contributed by atoms with Crippen molar-refractivity contribution in [2.75, 3.05) is 13.1 Å². The van der Waals surface area contributed by atoms with Crippen molar-refractivity contribution in [1.29, 1.82) is 0 Å². The van der Waals surface area contributed by atoms with E-state index in [0.717, 1.165) is 18.5 Å². The van der Waals surface area contributed by atoms with E-state index in [1.165, 1.54) is 21.7 Å². The first kappa shape index (κ1) is 15.9. The summed E-state index contributed by atoms with van der Waals surface area (Å²) in [6, 6.07) is 7.03. The third kappa shape index (κ3) is 2.78. The average Bonchev–Trinajstić information content (AvgIpc) is 3.13. The summed E-state index contributed by atoms with van der Waals surface area (Å²) in [5, 5.41) is 1.75. The van der Waals surface area contributed by atoms with Crippen LogP contribution in [0.3, 0.4) is 0 Å².